The van der Waals surface area contributed by atoms with Crippen molar-refractivity contribution >= 4 is 15.9 Å². The molecule has 1 aliphatic heterocycles. The van der Waals surface area contributed by atoms with Gasteiger partial charge in [-0.05, 0) is 37.5 Å². The second-order valence-electron chi connectivity index (χ2n) is 7.73. The first-order chi connectivity index (χ1) is 14.4. The Morgan fingerprint density at radius 2 is 1.70 bits per heavy atom. The number of nitrogens with zero attached hydrogens (tertiary/aromatic N) is 2. The minimum atomic E-state index is -3.52. The highest BCUT2D eigenvalue weighted by Crippen LogP contribution is 2.19. The maximum Gasteiger partial charge on any atom is 0.243 e. The second-order valence-corrected chi connectivity index (χ2v) is 9.67. The summed E-state index contributed by atoms with van der Waals surface area (Å²) in [4.78, 5) is 15.3. The summed E-state index contributed by atoms with van der Waals surface area (Å²) in [7, 11) is -3.52. The first-order valence-electron chi connectivity index (χ1n) is 10.5. The fourth-order valence-electron chi connectivity index (χ4n) is 3.84. The third-order valence-electron chi connectivity index (χ3n) is 5.59. The Morgan fingerprint density at radius 1 is 1.00 bits per heavy atom. The van der Waals surface area contributed by atoms with Crippen molar-refractivity contribution in [1.29, 1.82) is 0 Å². The molecule has 1 N–H and O–H groups in total. The van der Waals surface area contributed by atoms with E-state index in [1.165, 1.54) is 0 Å². The number of nitrogens with one attached hydrogen (secondary N) is 1. The van der Waals surface area contributed by atoms with Gasteiger partial charge >= 0.3 is 0 Å². The average molecular weight is 430 g/mol. The predicted octanol–water partition coefficient (Wildman–Crippen LogP) is 2.79. The third-order valence-corrected chi connectivity index (χ3v) is 7.50. The molecule has 1 amide bonds. The topological polar surface area (TPSA) is 69.7 Å². The fourth-order valence-corrected chi connectivity index (χ4v) is 5.31. The summed E-state index contributed by atoms with van der Waals surface area (Å²) in [5.41, 5.74) is 2.09. The molecular weight excluding hydrogens is 398 g/mol. The van der Waals surface area contributed by atoms with Gasteiger partial charge in [0.2, 0.25) is 15.9 Å². The number of carbonyl (C=O) groups is 1. The van der Waals surface area contributed by atoms with Gasteiger partial charge in [0.1, 0.15) is 0 Å². The predicted molar refractivity (Wildman–Crippen MR) is 118 cm³/mol. The van der Waals surface area contributed by atoms with Crippen molar-refractivity contribution in [3.05, 3.63) is 65.7 Å². The van der Waals surface area contributed by atoms with Crippen molar-refractivity contribution in [2.24, 2.45) is 0 Å². The normalized spacial score (nSPS) is 17.3. The van der Waals surface area contributed by atoms with Crippen molar-refractivity contribution < 1.29 is 13.2 Å². The molecular formula is C23H31N3O3S. The summed E-state index contributed by atoms with van der Waals surface area (Å²) in [6, 6.07) is 16.6. The van der Waals surface area contributed by atoms with Crippen LogP contribution >= 0.6 is 0 Å². The van der Waals surface area contributed by atoms with Crippen LogP contribution in [0.4, 0.5) is 0 Å². The van der Waals surface area contributed by atoms with E-state index in [1.54, 1.807) is 16.4 Å². The smallest absolute Gasteiger partial charge is 0.243 e. The first-order valence-corrected chi connectivity index (χ1v) is 12.0. The molecule has 30 heavy (non-hydrogen) atoms. The summed E-state index contributed by atoms with van der Waals surface area (Å²) >= 11 is 0. The zero-order valence-electron chi connectivity index (χ0n) is 17.8. The van der Waals surface area contributed by atoms with E-state index in [9.17, 15) is 13.2 Å². The van der Waals surface area contributed by atoms with E-state index in [0.29, 0.717) is 50.5 Å². The molecule has 1 atom stereocenters. The van der Waals surface area contributed by atoms with Gasteiger partial charge < -0.3 is 5.32 Å². The molecule has 2 aromatic carbocycles. The van der Waals surface area contributed by atoms with E-state index in [2.05, 4.69) is 10.2 Å². The summed E-state index contributed by atoms with van der Waals surface area (Å²) in [5, 5.41) is 3.03. The van der Waals surface area contributed by atoms with Crippen LogP contribution in [0.5, 0.6) is 0 Å². The van der Waals surface area contributed by atoms with Crippen molar-refractivity contribution in [2.45, 2.75) is 44.2 Å². The highest BCUT2D eigenvalue weighted by atomic mass is 32.2. The van der Waals surface area contributed by atoms with E-state index in [0.717, 1.165) is 11.1 Å². The van der Waals surface area contributed by atoms with Crippen LogP contribution < -0.4 is 5.32 Å². The highest BCUT2D eigenvalue weighted by molar-refractivity contribution is 7.89. The van der Waals surface area contributed by atoms with Crippen LogP contribution in [0.25, 0.3) is 0 Å². The number of hydrogen-bond acceptors (Lipinski definition) is 4. The van der Waals surface area contributed by atoms with Crippen molar-refractivity contribution in [3.8, 4) is 0 Å². The number of carbonyl (C=O) groups excluding carboxylic acids is 1. The molecule has 0 aliphatic carbocycles. The Labute approximate surface area is 179 Å². The molecule has 0 radical (unpaired) electrons. The maximum atomic E-state index is 13.0. The summed E-state index contributed by atoms with van der Waals surface area (Å²) in [5.74, 6) is -0.00352. The zero-order chi connectivity index (χ0) is 21.6. The Hall–Kier alpha value is -2.22. The van der Waals surface area contributed by atoms with Gasteiger partial charge in [-0.1, -0.05) is 55.0 Å². The van der Waals surface area contributed by atoms with E-state index in [4.69, 9.17) is 0 Å². The number of sulfonamides is 1. The lowest BCUT2D eigenvalue weighted by Crippen LogP contribution is -2.48. The third kappa shape index (κ3) is 5.47. The van der Waals surface area contributed by atoms with Crippen LogP contribution in [-0.4, -0.2) is 55.8 Å². The molecule has 7 heteroatoms. The van der Waals surface area contributed by atoms with Crippen molar-refractivity contribution in [2.75, 3.05) is 26.2 Å². The van der Waals surface area contributed by atoms with Crippen LogP contribution in [0, 0.1) is 6.92 Å². The van der Waals surface area contributed by atoms with E-state index < -0.39 is 10.0 Å². The van der Waals surface area contributed by atoms with Crippen LogP contribution in [0.1, 0.15) is 30.9 Å². The minimum absolute atomic E-state index is 0.00352. The molecule has 162 valence electrons. The Morgan fingerprint density at radius 3 is 2.37 bits per heavy atom. The molecule has 0 saturated carbocycles. The Bertz CT molecular complexity index is 930. The fraction of sp³-hybridized carbons (Fsp3) is 0.435. The van der Waals surface area contributed by atoms with Gasteiger partial charge in [-0.2, -0.15) is 4.31 Å². The molecule has 0 aromatic heterocycles. The molecule has 0 bridgehead atoms. The van der Waals surface area contributed by atoms with Crippen LogP contribution in [0.15, 0.2) is 59.5 Å². The lowest BCUT2D eigenvalue weighted by Gasteiger charge is -2.29. The first kappa shape index (κ1) is 22.5. The zero-order valence-corrected chi connectivity index (χ0v) is 18.6. The lowest BCUT2D eigenvalue weighted by atomic mass is 10.1. The summed E-state index contributed by atoms with van der Waals surface area (Å²) in [6.07, 6.45) is 1.39. The molecule has 1 aliphatic rings. The van der Waals surface area contributed by atoms with Crippen LogP contribution in [0.3, 0.4) is 0 Å². The van der Waals surface area contributed by atoms with Crippen LogP contribution in [0.2, 0.25) is 0 Å². The molecule has 6 nitrogen and oxygen atoms in total. The van der Waals surface area contributed by atoms with Gasteiger partial charge in [0, 0.05) is 32.7 Å². The van der Waals surface area contributed by atoms with E-state index in [1.807, 2.05) is 56.3 Å². The molecule has 3 rings (SSSR count). The molecule has 1 fully saturated rings. The van der Waals surface area contributed by atoms with Crippen molar-refractivity contribution in [3.63, 3.8) is 0 Å². The molecule has 0 unspecified atom stereocenters. The standard InChI is InChI=1S/C23H31N3O3S/c1-3-22(23(27)24-18-20-8-5-4-6-9-20)25-14-7-15-26(17-16-25)30(28,29)21-12-10-19(2)11-13-21/h4-6,8-13,22H,3,7,14-18H2,1-2H3,(H,24,27)/t22-/m0/s1. The minimum Gasteiger partial charge on any atom is -0.351 e. The molecule has 2 aromatic rings. The highest BCUT2D eigenvalue weighted by Gasteiger charge is 2.30. The largest absolute Gasteiger partial charge is 0.351 e. The Balaban J connectivity index is 1.62. The van der Waals surface area contributed by atoms with Gasteiger partial charge in [0.15, 0.2) is 0 Å². The summed E-state index contributed by atoms with van der Waals surface area (Å²) < 4.78 is 27.6. The molecule has 0 spiro atoms. The van der Waals surface area contributed by atoms with Gasteiger partial charge in [-0.25, -0.2) is 8.42 Å². The van der Waals surface area contributed by atoms with Gasteiger partial charge in [0.25, 0.3) is 0 Å². The van der Waals surface area contributed by atoms with Crippen LogP contribution in [-0.2, 0) is 21.4 Å². The van der Waals surface area contributed by atoms with Gasteiger partial charge in [-0.15, -0.1) is 0 Å². The average Bonchev–Trinajstić information content (AvgIpc) is 3.01. The SMILES string of the molecule is CC[C@@H](C(=O)NCc1ccccc1)N1CCCN(S(=O)(=O)c2ccc(C)cc2)CC1. The number of hydrogen-bond donors (Lipinski definition) is 1. The van der Waals surface area contributed by atoms with Gasteiger partial charge in [0.05, 0.1) is 10.9 Å². The summed E-state index contributed by atoms with van der Waals surface area (Å²) in [6.45, 7) is 6.54. The van der Waals surface area contributed by atoms with E-state index in [-0.39, 0.29) is 11.9 Å². The second kappa shape index (κ2) is 10.2. The number of amides is 1. The molecule has 1 heterocycles. The van der Waals surface area contributed by atoms with Gasteiger partial charge in [-0.3, -0.25) is 9.69 Å². The number of benzene rings is 2. The maximum absolute atomic E-state index is 13.0. The van der Waals surface area contributed by atoms with Crippen molar-refractivity contribution in [1.82, 2.24) is 14.5 Å². The quantitative estimate of drug-likeness (QED) is 0.735. The molecule has 1 saturated heterocycles. The number of aryl methyl sites for hydroxylation is 1. The Kier molecular flexibility index (Phi) is 7.64. The monoisotopic (exact) mass is 429 g/mol. The van der Waals surface area contributed by atoms with E-state index >= 15 is 0 Å². The lowest BCUT2D eigenvalue weighted by molar-refractivity contribution is -0.126. The number of rotatable bonds is 7.